The summed E-state index contributed by atoms with van der Waals surface area (Å²) < 4.78 is 0. The summed E-state index contributed by atoms with van der Waals surface area (Å²) >= 11 is 0. The zero-order valence-corrected chi connectivity index (χ0v) is 13.7. The molecule has 1 aromatic rings. The zero-order chi connectivity index (χ0) is 16.1. The first-order valence-corrected chi connectivity index (χ1v) is 7.99. The molecule has 1 aliphatic heterocycles. The Kier molecular flexibility index (Phi) is 5.57. The van der Waals surface area contributed by atoms with Crippen LogP contribution >= 0.6 is 0 Å². The van der Waals surface area contributed by atoms with Crippen molar-refractivity contribution in [1.82, 2.24) is 9.80 Å². The van der Waals surface area contributed by atoms with E-state index in [-0.39, 0.29) is 11.9 Å². The number of benzene rings is 1. The van der Waals surface area contributed by atoms with Gasteiger partial charge in [-0.05, 0) is 18.4 Å². The molecule has 2 rings (SSSR count). The Balaban J connectivity index is 1.96. The number of amides is 1. The molecule has 4 heteroatoms. The maximum Gasteiger partial charge on any atom is 0.222 e. The van der Waals surface area contributed by atoms with Crippen LogP contribution in [0.2, 0.25) is 0 Å². The number of hydrogen-bond acceptors (Lipinski definition) is 3. The summed E-state index contributed by atoms with van der Waals surface area (Å²) in [6.45, 7) is 9.13. The summed E-state index contributed by atoms with van der Waals surface area (Å²) in [5.74, 6) is 0.628. The minimum atomic E-state index is -0.219. The van der Waals surface area contributed by atoms with Crippen LogP contribution < -0.4 is 0 Å². The molecule has 0 bridgehead atoms. The lowest BCUT2D eigenvalue weighted by molar-refractivity contribution is -0.133. The summed E-state index contributed by atoms with van der Waals surface area (Å²) in [7, 11) is 0. The molecule has 1 atom stereocenters. The second kappa shape index (κ2) is 7.42. The average molecular weight is 299 g/mol. The summed E-state index contributed by atoms with van der Waals surface area (Å²) in [6, 6.07) is 10.3. The predicted octanol–water partition coefficient (Wildman–Crippen LogP) is 2.75. The number of hydrogen-bond donors (Lipinski definition) is 0. The monoisotopic (exact) mass is 299 g/mol. The molecule has 0 spiro atoms. The quantitative estimate of drug-likeness (QED) is 0.859. The Morgan fingerprint density at radius 2 is 1.77 bits per heavy atom. The van der Waals surface area contributed by atoms with E-state index in [1.165, 1.54) is 5.56 Å². The molecular weight excluding hydrogens is 274 g/mol. The van der Waals surface area contributed by atoms with E-state index in [0.29, 0.717) is 12.3 Å². The number of aryl methyl sites for hydroxylation is 1. The number of nitriles is 1. The molecule has 118 valence electrons. The third kappa shape index (κ3) is 4.08. The average Bonchev–Trinajstić information content (AvgIpc) is 2.50. The molecule has 0 N–H and O–H groups in total. The van der Waals surface area contributed by atoms with Crippen molar-refractivity contribution < 1.29 is 4.79 Å². The molecule has 1 unspecified atom stereocenters. The molecule has 1 amide bonds. The van der Waals surface area contributed by atoms with Gasteiger partial charge in [0.2, 0.25) is 5.91 Å². The Morgan fingerprint density at radius 1 is 1.18 bits per heavy atom. The number of nitrogens with zero attached hydrogens (tertiary/aromatic N) is 3. The molecule has 1 heterocycles. The third-order valence-corrected chi connectivity index (χ3v) is 4.13. The van der Waals surface area contributed by atoms with E-state index in [1.807, 2.05) is 36.1 Å². The van der Waals surface area contributed by atoms with Crippen LogP contribution in [0.3, 0.4) is 0 Å². The second-order valence-electron chi connectivity index (χ2n) is 6.46. The van der Waals surface area contributed by atoms with Crippen molar-refractivity contribution in [3.05, 3.63) is 35.4 Å². The first-order chi connectivity index (χ1) is 10.5. The van der Waals surface area contributed by atoms with Crippen molar-refractivity contribution in [3.8, 4) is 6.07 Å². The smallest absolute Gasteiger partial charge is 0.222 e. The first-order valence-electron chi connectivity index (χ1n) is 7.99. The minimum absolute atomic E-state index is 0.219. The molecular formula is C18H25N3O. The Bertz CT molecular complexity index is 536. The number of rotatable bonds is 4. The van der Waals surface area contributed by atoms with E-state index in [1.54, 1.807) is 0 Å². The van der Waals surface area contributed by atoms with Gasteiger partial charge in [0.05, 0.1) is 6.07 Å². The molecule has 0 aliphatic carbocycles. The zero-order valence-electron chi connectivity index (χ0n) is 13.7. The van der Waals surface area contributed by atoms with E-state index in [9.17, 15) is 10.1 Å². The van der Waals surface area contributed by atoms with Gasteiger partial charge in [-0.2, -0.15) is 5.26 Å². The van der Waals surface area contributed by atoms with Crippen molar-refractivity contribution in [2.75, 3.05) is 26.2 Å². The van der Waals surface area contributed by atoms with Crippen LogP contribution in [-0.4, -0.2) is 41.9 Å². The molecule has 0 aromatic heterocycles. The lowest BCUT2D eigenvalue weighted by Gasteiger charge is -2.37. The minimum Gasteiger partial charge on any atom is -0.340 e. The fourth-order valence-corrected chi connectivity index (χ4v) is 2.82. The summed E-state index contributed by atoms with van der Waals surface area (Å²) in [6.07, 6.45) is 0.611. The van der Waals surface area contributed by atoms with Crippen LogP contribution in [0.1, 0.15) is 37.4 Å². The van der Waals surface area contributed by atoms with Gasteiger partial charge in [0, 0.05) is 32.6 Å². The highest BCUT2D eigenvalue weighted by Gasteiger charge is 2.27. The topological polar surface area (TPSA) is 47.3 Å². The van der Waals surface area contributed by atoms with Crippen molar-refractivity contribution in [2.24, 2.45) is 5.92 Å². The SMILES string of the molecule is Cc1ccc(C(C#N)N2CCN(C(=O)CC(C)C)CC2)cc1. The fraction of sp³-hybridized carbons (Fsp3) is 0.556. The van der Waals surface area contributed by atoms with Gasteiger partial charge in [0.1, 0.15) is 6.04 Å². The van der Waals surface area contributed by atoms with Crippen molar-refractivity contribution >= 4 is 5.91 Å². The Labute approximate surface area is 133 Å². The summed E-state index contributed by atoms with van der Waals surface area (Å²) in [5, 5.41) is 9.52. The highest BCUT2D eigenvalue weighted by Crippen LogP contribution is 2.22. The molecule has 0 radical (unpaired) electrons. The van der Waals surface area contributed by atoms with Gasteiger partial charge in [-0.25, -0.2) is 0 Å². The lowest BCUT2D eigenvalue weighted by Crippen LogP contribution is -2.49. The Hall–Kier alpha value is -1.86. The van der Waals surface area contributed by atoms with Crippen LogP contribution in [0.4, 0.5) is 0 Å². The van der Waals surface area contributed by atoms with Gasteiger partial charge in [0.15, 0.2) is 0 Å². The molecule has 22 heavy (non-hydrogen) atoms. The Morgan fingerprint density at radius 3 is 2.27 bits per heavy atom. The van der Waals surface area contributed by atoms with Gasteiger partial charge in [0.25, 0.3) is 0 Å². The van der Waals surface area contributed by atoms with E-state index < -0.39 is 0 Å². The second-order valence-corrected chi connectivity index (χ2v) is 6.46. The van der Waals surface area contributed by atoms with Crippen molar-refractivity contribution in [2.45, 2.75) is 33.2 Å². The first kappa shape index (κ1) is 16.5. The van der Waals surface area contributed by atoms with E-state index in [0.717, 1.165) is 31.7 Å². The van der Waals surface area contributed by atoms with Crippen LogP contribution in [-0.2, 0) is 4.79 Å². The van der Waals surface area contributed by atoms with Crippen molar-refractivity contribution in [1.29, 1.82) is 5.26 Å². The van der Waals surface area contributed by atoms with Gasteiger partial charge in [-0.3, -0.25) is 9.69 Å². The largest absolute Gasteiger partial charge is 0.340 e. The number of piperazine rings is 1. The van der Waals surface area contributed by atoms with Crippen molar-refractivity contribution in [3.63, 3.8) is 0 Å². The summed E-state index contributed by atoms with van der Waals surface area (Å²) in [5.41, 5.74) is 2.24. The molecule has 0 saturated carbocycles. The molecule has 4 nitrogen and oxygen atoms in total. The van der Waals surface area contributed by atoms with Gasteiger partial charge in [-0.1, -0.05) is 43.7 Å². The highest BCUT2D eigenvalue weighted by atomic mass is 16.2. The van der Waals surface area contributed by atoms with Crippen LogP contribution in [0.15, 0.2) is 24.3 Å². The summed E-state index contributed by atoms with van der Waals surface area (Å²) in [4.78, 5) is 16.2. The molecule has 1 aliphatic rings. The molecule has 1 saturated heterocycles. The van der Waals surface area contributed by atoms with Crippen LogP contribution in [0.5, 0.6) is 0 Å². The standard InChI is InChI=1S/C18H25N3O/c1-14(2)12-18(22)21-10-8-20(9-11-21)17(13-19)16-6-4-15(3)5-7-16/h4-7,14,17H,8-12H2,1-3H3. The predicted molar refractivity (Wildman–Crippen MR) is 87.1 cm³/mol. The highest BCUT2D eigenvalue weighted by molar-refractivity contribution is 5.76. The third-order valence-electron chi connectivity index (χ3n) is 4.13. The van der Waals surface area contributed by atoms with E-state index in [2.05, 4.69) is 24.8 Å². The maximum atomic E-state index is 12.1. The number of carbonyl (C=O) groups is 1. The lowest BCUT2D eigenvalue weighted by atomic mass is 10.0. The molecule has 1 fully saturated rings. The van der Waals surface area contributed by atoms with Gasteiger partial charge >= 0.3 is 0 Å². The maximum absolute atomic E-state index is 12.1. The normalized spacial score (nSPS) is 17.3. The van der Waals surface area contributed by atoms with Gasteiger partial charge < -0.3 is 4.90 Å². The van der Waals surface area contributed by atoms with E-state index in [4.69, 9.17) is 0 Å². The van der Waals surface area contributed by atoms with E-state index >= 15 is 0 Å². The number of carbonyl (C=O) groups excluding carboxylic acids is 1. The molecule has 1 aromatic carbocycles. The van der Waals surface area contributed by atoms with Crippen LogP contribution in [0, 0.1) is 24.2 Å². The fourth-order valence-electron chi connectivity index (χ4n) is 2.82. The van der Waals surface area contributed by atoms with Crippen LogP contribution in [0.25, 0.3) is 0 Å². The van der Waals surface area contributed by atoms with Gasteiger partial charge in [-0.15, -0.1) is 0 Å².